The summed E-state index contributed by atoms with van der Waals surface area (Å²) >= 11 is 3.58. The molecule has 0 spiro atoms. The highest BCUT2D eigenvalue weighted by molar-refractivity contribution is 9.10. The van der Waals surface area contributed by atoms with Crippen LogP contribution in [0.4, 0.5) is 0 Å². The van der Waals surface area contributed by atoms with Gasteiger partial charge in [0, 0.05) is 17.6 Å². The number of aryl methyl sites for hydroxylation is 1. The largest absolute Gasteiger partial charge is 0.336 e. The Balaban J connectivity index is 1.79. The van der Waals surface area contributed by atoms with Gasteiger partial charge in [0.2, 0.25) is 5.91 Å². The van der Waals surface area contributed by atoms with Gasteiger partial charge in [-0.2, -0.15) is 0 Å². The molecule has 4 heteroatoms. The Kier molecular flexibility index (Phi) is 4.32. The predicted molar refractivity (Wildman–Crippen MR) is 91.4 cm³/mol. The molecule has 1 heterocycles. The number of hydrogen-bond acceptors (Lipinski definition) is 2. The maximum atomic E-state index is 12.7. The smallest absolute Gasteiger partial charge is 0.244 e. The molecule has 3 nitrogen and oxygen atoms in total. The number of nitrogens with two attached hydrogens (primary N) is 1. The second kappa shape index (κ2) is 6.23. The maximum absolute atomic E-state index is 12.7. The van der Waals surface area contributed by atoms with Crippen LogP contribution in [-0.4, -0.2) is 17.4 Å². The van der Waals surface area contributed by atoms with E-state index in [0.29, 0.717) is 6.54 Å². The van der Waals surface area contributed by atoms with Gasteiger partial charge in [0.1, 0.15) is 6.04 Å². The molecular weight excluding hydrogens is 340 g/mol. The number of nitrogens with zero attached hydrogens (tertiary/aromatic N) is 1. The van der Waals surface area contributed by atoms with Gasteiger partial charge in [0.15, 0.2) is 0 Å². The lowest BCUT2D eigenvalue weighted by Gasteiger charge is -2.31. The Labute approximate surface area is 139 Å². The molecule has 1 unspecified atom stereocenters. The van der Waals surface area contributed by atoms with Crippen LogP contribution >= 0.6 is 15.9 Å². The Bertz CT molecular complexity index is 697. The molecule has 22 heavy (non-hydrogen) atoms. The van der Waals surface area contributed by atoms with E-state index in [1.165, 1.54) is 16.7 Å². The van der Waals surface area contributed by atoms with Crippen molar-refractivity contribution in [1.82, 2.24) is 4.90 Å². The van der Waals surface area contributed by atoms with Crippen molar-refractivity contribution in [2.45, 2.75) is 25.9 Å². The van der Waals surface area contributed by atoms with Crippen molar-refractivity contribution < 1.29 is 4.79 Å². The topological polar surface area (TPSA) is 46.3 Å². The third-order valence-electron chi connectivity index (χ3n) is 4.23. The van der Waals surface area contributed by atoms with Gasteiger partial charge < -0.3 is 10.6 Å². The number of fused-ring (bicyclic) bond motifs is 1. The maximum Gasteiger partial charge on any atom is 0.244 e. The van der Waals surface area contributed by atoms with E-state index in [0.717, 1.165) is 23.0 Å². The van der Waals surface area contributed by atoms with E-state index < -0.39 is 6.04 Å². The zero-order valence-corrected chi connectivity index (χ0v) is 14.1. The SMILES string of the molecule is Cc1ccc(C(N)C(=O)N2CCc3cccc(Br)c3C2)cc1. The quantitative estimate of drug-likeness (QED) is 0.894. The minimum atomic E-state index is -0.593. The number of benzene rings is 2. The first kappa shape index (κ1) is 15.3. The minimum absolute atomic E-state index is 0.00902. The molecule has 0 aliphatic carbocycles. The molecular formula is C18H19BrN2O. The minimum Gasteiger partial charge on any atom is -0.336 e. The summed E-state index contributed by atoms with van der Waals surface area (Å²) in [6, 6.07) is 13.4. The van der Waals surface area contributed by atoms with Crippen molar-refractivity contribution in [3.05, 3.63) is 69.2 Å². The van der Waals surface area contributed by atoms with E-state index in [-0.39, 0.29) is 5.91 Å². The first-order chi connectivity index (χ1) is 10.6. The molecule has 0 saturated carbocycles. The van der Waals surface area contributed by atoms with Crippen molar-refractivity contribution in [2.24, 2.45) is 5.73 Å². The van der Waals surface area contributed by atoms with Crippen LogP contribution in [0.1, 0.15) is 28.3 Å². The van der Waals surface area contributed by atoms with Gasteiger partial charge in [-0.3, -0.25) is 4.79 Å². The zero-order chi connectivity index (χ0) is 15.7. The monoisotopic (exact) mass is 358 g/mol. The molecule has 2 N–H and O–H groups in total. The summed E-state index contributed by atoms with van der Waals surface area (Å²) in [7, 11) is 0. The van der Waals surface area contributed by atoms with Crippen molar-refractivity contribution in [1.29, 1.82) is 0 Å². The number of amides is 1. The number of halogens is 1. The van der Waals surface area contributed by atoms with E-state index >= 15 is 0 Å². The van der Waals surface area contributed by atoms with Crippen LogP contribution in [0.5, 0.6) is 0 Å². The average molecular weight is 359 g/mol. The lowest BCUT2D eigenvalue weighted by molar-refractivity contribution is -0.133. The lowest BCUT2D eigenvalue weighted by Crippen LogP contribution is -2.41. The van der Waals surface area contributed by atoms with Gasteiger partial charge >= 0.3 is 0 Å². The van der Waals surface area contributed by atoms with Crippen LogP contribution in [0.15, 0.2) is 46.9 Å². The number of carbonyl (C=O) groups excluding carboxylic acids is 1. The summed E-state index contributed by atoms with van der Waals surface area (Å²) in [6.45, 7) is 3.37. The van der Waals surface area contributed by atoms with Crippen LogP contribution in [-0.2, 0) is 17.8 Å². The summed E-state index contributed by atoms with van der Waals surface area (Å²) in [4.78, 5) is 14.5. The highest BCUT2D eigenvalue weighted by atomic mass is 79.9. The van der Waals surface area contributed by atoms with Crippen LogP contribution in [0.2, 0.25) is 0 Å². The van der Waals surface area contributed by atoms with Gasteiger partial charge in [-0.05, 0) is 36.1 Å². The molecule has 1 atom stereocenters. The van der Waals surface area contributed by atoms with Crippen LogP contribution in [0.25, 0.3) is 0 Å². The van der Waals surface area contributed by atoms with Gasteiger partial charge in [0.25, 0.3) is 0 Å². The third kappa shape index (κ3) is 2.94. The van der Waals surface area contributed by atoms with Gasteiger partial charge in [-0.1, -0.05) is 57.9 Å². The number of rotatable bonds is 2. The fraction of sp³-hybridized carbons (Fsp3) is 0.278. The van der Waals surface area contributed by atoms with Crippen LogP contribution in [0.3, 0.4) is 0 Å². The van der Waals surface area contributed by atoms with Crippen molar-refractivity contribution in [3.8, 4) is 0 Å². The Morgan fingerprint density at radius 3 is 2.68 bits per heavy atom. The standard InChI is InChI=1S/C18H19BrN2O/c1-12-5-7-14(8-6-12)17(20)18(22)21-10-9-13-3-2-4-16(19)15(13)11-21/h2-8,17H,9-11,20H2,1H3. The molecule has 114 valence electrons. The van der Waals surface area contributed by atoms with E-state index in [4.69, 9.17) is 5.73 Å². The second-order valence-corrected chi connectivity index (χ2v) is 6.63. The van der Waals surface area contributed by atoms with Gasteiger partial charge in [0.05, 0.1) is 0 Å². The molecule has 2 aromatic carbocycles. The van der Waals surface area contributed by atoms with Crippen LogP contribution < -0.4 is 5.73 Å². The highest BCUT2D eigenvalue weighted by Crippen LogP contribution is 2.27. The molecule has 1 amide bonds. The van der Waals surface area contributed by atoms with Crippen LogP contribution in [0, 0.1) is 6.92 Å². The Hall–Kier alpha value is -1.65. The van der Waals surface area contributed by atoms with Crippen molar-refractivity contribution in [3.63, 3.8) is 0 Å². The van der Waals surface area contributed by atoms with Crippen molar-refractivity contribution in [2.75, 3.05) is 6.54 Å². The Morgan fingerprint density at radius 1 is 1.23 bits per heavy atom. The first-order valence-electron chi connectivity index (χ1n) is 7.43. The molecule has 0 fully saturated rings. The van der Waals surface area contributed by atoms with E-state index in [2.05, 4.69) is 22.0 Å². The summed E-state index contributed by atoms with van der Waals surface area (Å²) in [5.74, 6) is -0.00902. The van der Waals surface area contributed by atoms with E-state index in [1.54, 1.807) is 0 Å². The highest BCUT2D eigenvalue weighted by Gasteiger charge is 2.26. The fourth-order valence-electron chi connectivity index (χ4n) is 2.84. The lowest BCUT2D eigenvalue weighted by atomic mass is 9.98. The average Bonchev–Trinajstić information content (AvgIpc) is 2.54. The van der Waals surface area contributed by atoms with Gasteiger partial charge in [-0.15, -0.1) is 0 Å². The van der Waals surface area contributed by atoms with E-state index in [1.807, 2.05) is 48.2 Å². The summed E-state index contributed by atoms with van der Waals surface area (Å²) in [6.07, 6.45) is 0.876. The molecule has 0 radical (unpaired) electrons. The fourth-order valence-corrected chi connectivity index (χ4v) is 3.37. The summed E-state index contributed by atoms with van der Waals surface area (Å²) in [5.41, 5.74) is 10.7. The van der Waals surface area contributed by atoms with E-state index in [9.17, 15) is 4.79 Å². The molecule has 3 rings (SSSR count). The molecule has 0 aromatic heterocycles. The third-order valence-corrected chi connectivity index (χ3v) is 4.97. The predicted octanol–water partition coefficient (Wildman–Crippen LogP) is 3.34. The molecule has 2 aromatic rings. The normalized spacial score (nSPS) is 15.3. The van der Waals surface area contributed by atoms with Gasteiger partial charge in [-0.25, -0.2) is 0 Å². The Morgan fingerprint density at radius 2 is 1.95 bits per heavy atom. The molecule has 1 aliphatic rings. The molecule has 1 aliphatic heterocycles. The first-order valence-corrected chi connectivity index (χ1v) is 8.23. The van der Waals surface area contributed by atoms with Crippen molar-refractivity contribution >= 4 is 21.8 Å². The molecule has 0 bridgehead atoms. The number of hydrogen-bond donors (Lipinski definition) is 1. The zero-order valence-electron chi connectivity index (χ0n) is 12.6. The second-order valence-electron chi connectivity index (χ2n) is 5.78. The number of carbonyl (C=O) groups is 1. The summed E-state index contributed by atoms with van der Waals surface area (Å²) < 4.78 is 1.06. The summed E-state index contributed by atoms with van der Waals surface area (Å²) in [5, 5.41) is 0. The molecule has 0 saturated heterocycles.